The van der Waals surface area contributed by atoms with Crippen molar-refractivity contribution in [3.8, 4) is 11.5 Å². The molecule has 9 nitrogen and oxygen atoms in total. The minimum absolute atomic E-state index is 0.0772. The molecule has 0 spiro atoms. The summed E-state index contributed by atoms with van der Waals surface area (Å²) in [5, 5.41) is 20.2. The maximum Gasteiger partial charge on any atom is 0.353 e. The fraction of sp³-hybridized carbons (Fsp3) is 0.475. The summed E-state index contributed by atoms with van der Waals surface area (Å²) in [5.74, 6) is -3.20. The minimum Gasteiger partial charge on any atom is -0.479 e. The number of benzene rings is 2. The molecule has 2 atom stereocenters. The lowest BCUT2D eigenvalue weighted by molar-refractivity contribution is -0.211. The Hall–Kier alpha value is -4.21. The lowest BCUT2D eigenvalue weighted by atomic mass is 9.95. The van der Waals surface area contributed by atoms with Gasteiger partial charge < -0.3 is 29.2 Å². The van der Waals surface area contributed by atoms with Gasteiger partial charge in [0.1, 0.15) is 11.5 Å². The molecule has 2 aromatic carbocycles. The number of carboxylic acid groups (broad SMARTS) is 2. The number of carbonyl (C=O) groups excluding carboxylic acids is 1. The highest BCUT2D eigenvalue weighted by Crippen LogP contribution is 2.26. The van der Waals surface area contributed by atoms with Gasteiger partial charge in [0.05, 0.1) is 13.2 Å². The maximum absolute atomic E-state index is 13.0. The monoisotopic (exact) mass is 678 g/mol. The van der Waals surface area contributed by atoms with Crippen LogP contribution in [0.1, 0.15) is 90.7 Å². The second-order valence-electron chi connectivity index (χ2n) is 12.5. The Balaban J connectivity index is 1.95. The zero-order valence-corrected chi connectivity index (χ0v) is 30.0. The van der Waals surface area contributed by atoms with E-state index in [1.807, 2.05) is 62.4 Å². The van der Waals surface area contributed by atoms with Crippen LogP contribution in [0.5, 0.6) is 11.5 Å². The van der Waals surface area contributed by atoms with Crippen LogP contribution in [0.25, 0.3) is 0 Å². The minimum atomic E-state index is -2.87. The summed E-state index contributed by atoms with van der Waals surface area (Å²) in [6, 6.07) is 15.7. The summed E-state index contributed by atoms with van der Waals surface area (Å²) in [6.45, 7) is 11.1. The lowest BCUT2D eigenvalue weighted by Gasteiger charge is -2.31. The Morgan fingerprint density at radius 3 is 2.12 bits per heavy atom. The summed E-state index contributed by atoms with van der Waals surface area (Å²) in [4.78, 5) is 37.9. The average molecular weight is 679 g/mol. The van der Waals surface area contributed by atoms with Gasteiger partial charge in [-0.05, 0) is 122 Å². The number of hydrogen-bond donors (Lipinski definition) is 2. The van der Waals surface area contributed by atoms with Gasteiger partial charge in [-0.15, -0.1) is 0 Å². The molecule has 0 aliphatic carbocycles. The molecule has 0 bridgehead atoms. The Morgan fingerprint density at radius 2 is 1.51 bits per heavy atom. The summed E-state index contributed by atoms with van der Waals surface area (Å²) in [5.41, 5.74) is 2.86. The standard InChI is InChI=1S/C40H54O9/c1-7-46-39(45)40(38(43)44,48-27-25-31(5)17-12-16-30(4)15-11-14-29(2)3)36(37(41)42)47-26-10-8-9-19-33-21-23-34(24-22-33)49-35-20-13-18-32(6)28-35/h13-14,16,18,20-25,28,36H,7-12,15,17,19,26-27H2,1-6H3,(H,41,42)(H,43,44). The Labute approximate surface area is 291 Å². The fourth-order valence-corrected chi connectivity index (χ4v) is 5.11. The molecule has 0 saturated heterocycles. The molecular formula is C40H54O9. The first-order valence-corrected chi connectivity index (χ1v) is 17.1. The normalized spacial score (nSPS) is 13.7. The largest absolute Gasteiger partial charge is 0.479 e. The van der Waals surface area contributed by atoms with E-state index in [0.29, 0.717) is 19.3 Å². The molecule has 0 heterocycles. The lowest BCUT2D eigenvalue weighted by Crippen LogP contribution is -2.62. The molecule has 2 aromatic rings. The number of ether oxygens (including phenoxy) is 4. The van der Waals surface area contributed by atoms with E-state index in [1.165, 1.54) is 18.1 Å². The van der Waals surface area contributed by atoms with Crippen molar-refractivity contribution < 1.29 is 43.5 Å². The third kappa shape index (κ3) is 14.4. The van der Waals surface area contributed by atoms with Crippen molar-refractivity contribution in [3.05, 3.63) is 94.6 Å². The van der Waals surface area contributed by atoms with Gasteiger partial charge in [0.25, 0.3) is 5.60 Å². The quantitative estimate of drug-likeness (QED) is 0.0513. The molecule has 49 heavy (non-hydrogen) atoms. The van der Waals surface area contributed by atoms with E-state index in [2.05, 4.69) is 32.9 Å². The van der Waals surface area contributed by atoms with Gasteiger partial charge in [0, 0.05) is 6.61 Å². The molecule has 0 amide bonds. The van der Waals surface area contributed by atoms with Crippen molar-refractivity contribution in [2.45, 2.75) is 105 Å². The van der Waals surface area contributed by atoms with E-state index in [1.54, 1.807) is 6.08 Å². The van der Waals surface area contributed by atoms with Gasteiger partial charge in [0.2, 0.25) is 6.10 Å². The second-order valence-corrected chi connectivity index (χ2v) is 12.5. The number of aryl methyl sites for hydroxylation is 2. The number of carbonyl (C=O) groups is 3. The number of hydrogen-bond acceptors (Lipinski definition) is 7. The molecule has 9 heteroatoms. The molecule has 0 saturated carbocycles. The van der Waals surface area contributed by atoms with Crippen molar-refractivity contribution >= 4 is 17.9 Å². The van der Waals surface area contributed by atoms with Gasteiger partial charge in [-0.25, -0.2) is 14.4 Å². The highest BCUT2D eigenvalue weighted by atomic mass is 16.6. The molecule has 2 N–H and O–H groups in total. The predicted octanol–water partition coefficient (Wildman–Crippen LogP) is 8.79. The average Bonchev–Trinajstić information content (AvgIpc) is 3.03. The zero-order valence-electron chi connectivity index (χ0n) is 30.0. The first kappa shape index (κ1) is 41.0. The van der Waals surface area contributed by atoms with Crippen LogP contribution in [0.2, 0.25) is 0 Å². The van der Waals surface area contributed by atoms with Crippen LogP contribution in [0.4, 0.5) is 0 Å². The maximum atomic E-state index is 13.0. The van der Waals surface area contributed by atoms with Crippen LogP contribution < -0.4 is 4.74 Å². The van der Waals surface area contributed by atoms with E-state index in [-0.39, 0.29) is 19.8 Å². The fourth-order valence-electron chi connectivity index (χ4n) is 5.11. The van der Waals surface area contributed by atoms with Gasteiger partial charge in [-0.3, -0.25) is 0 Å². The molecule has 0 aliphatic rings. The number of aliphatic carboxylic acids is 2. The van der Waals surface area contributed by atoms with Crippen LogP contribution in [0.3, 0.4) is 0 Å². The van der Waals surface area contributed by atoms with E-state index in [9.17, 15) is 24.6 Å². The molecule has 268 valence electrons. The predicted molar refractivity (Wildman–Crippen MR) is 191 cm³/mol. The highest BCUT2D eigenvalue weighted by Gasteiger charge is 2.60. The van der Waals surface area contributed by atoms with Crippen molar-refractivity contribution in [3.63, 3.8) is 0 Å². The molecular weight excluding hydrogens is 624 g/mol. The molecule has 0 fully saturated rings. The van der Waals surface area contributed by atoms with Crippen LogP contribution in [0.15, 0.2) is 83.5 Å². The first-order valence-electron chi connectivity index (χ1n) is 17.1. The first-order chi connectivity index (χ1) is 23.4. The summed E-state index contributed by atoms with van der Waals surface area (Å²) < 4.78 is 22.1. The molecule has 2 unspecified atom stereocenters. The number of allylic oxidation sites excluding steroid dienone is 5. The van der Waals surface area contributed by atoms with E-state index in [4.69, 9.17) is 18.9 Å². The van der Waals surface area contributed by atoms with Crippen molar-refractivity contribution in [1.82, 2.24) is 0 Å². The Kier molecular flexibility index (Phi) is 18.1. The van der Waals surface area contributed by atoms with Crippen LogP contribution in [0, 0.1) is 6.92 Å². The molecule has 0 aliphatic heterocycles. The number of unbranched alkanes of at least 4 members (excludes halogenated alkanes) is 2. The topological polar surface area (TPSA) is 129 Å². The van der Waals surface area contributed by atoms with Crippen LogP contribution in [-0.2, 0) is 35.0 Å². The Bertz CT molecular complexity index is 1430. The number of rotatable bonds is 23. The number of carboxylic acids is 2. The summed E-state index contributed by atoms with van der Waals surface area (Å²) in [6.07, 6.45) is 10.1. The summed E-state index contributed by atoms with van der Waals surface area (Å²) in [7, 11) is 0. The van der Waals surface area contributed by atoms with Gasteiger partial charge in [-0.2, -0.15) is 0 Å². The SMILES string of the molecule is CCOC(=O)C(OCC=C(C)CCC=C(C)CCC=C(C)C)(C(=O)O)C(OCCCCCc1ccc(Oc2cccc(C)c2)cc1)C(=O)O. The summed E-state index contributed by atoms with van der Waals surface area (Å²) >= 11 is 0. The second kappa shape index (κ2) is 21.7. The number of esters is 1. The van der Waals surface area contributed by atoms with E-state index in [0.717, 1.165) is 60.3 Å². The smallest absolute Gasteiger partial charge is 0.353 e. The molecule has 2 rings (SSSR count). The van der Waals surface area contributed by atoms with E-state index >= 15 is 0 Å². The van der Waals surface area contributed by atoms with Gasteiger partial charge >= 0.3 is 17.9 Å². The Morgan fingerprint density at radius 1 is 0.837 bits per heavy atom. The highest BCUT2D eigenvalue weighted by molar-refractivity contribution is 6.07. The van der Waals surface area contributed by atoms with Gasteiger partial charge in [0.15, 0.2) is 0 Å². The van der Waals surface area contributed by atoms with Crippen LogP contribution in [-0.4, -0.2) is 59.6 Å². The van der Waals surface area contributed by atoms with E-state index < -0.39 is 29.6 Å². The van der Waals surface area contributed by atoms with Gasteiger partial charge in [-0.1, -0.05) is 65.6 Å². The van der Waals surface area contributed by atoms with Crippen molar-refractivity contribution in [1.29, 1.82) is 0 Å². The van der Waals surface area contributed by atoms with Crippen LogP contribution >= 0.6 is 0 Å². The third-order valence-corrected chi connectivity index (χ3v) is 7.90. The molecule has 0 radical (unpaired) electrons. The zero-order chi connectivity index (χ0) is 36.2. The molecule has 0 aromatic heterocycles. The van der Waals surface area contributed by atoms with Crippen molar-refractivity contribution in [2.24, 2.45) is 0 Å². The van der Waals surface area contributed by atoms with Crippen molar-refractivity contribution in [2.75, 3.05) is 19.8 Å². The third-order valence-electron chi connectivity index (χ3n) is 7.90.